The van der Waals surface area contributed by atoms with Gasteiger partial charge in [-0.15, -0.1) is 0 Å². The number of anilines is 1. The third-order valence-corrected chi connectivity index (χ3v) is 9.22. The number of halogens is 1. The van der Waals surface area contributed by atoms with Gasteiger partial charge < -0.3 is 14.1 Å². The van der Waals surface area contributed by atoms with Gasteiger partial charge in [-0.2, -0.15) is 14.4 Å². The zero-order valence-electron chi connectivity index (χ0n) is 22.5. The number of hydrogen-bond acceptors (Lipinski definition) is 11. The van der Waals surface area contributed by atoms with E-state index in [1.165, 1.54) is 57.7 Å². The minimum absolute atomic E-state index is 0.0128. The number of nitro groups is 1. The predicted molar refractivity (Wildman–Crippen MR) is 153 cm³/mol. The number of furan rings is 1. The zero-order chi connectivity index (χ0) is 30.7. The first-order valence-corrected chi connectivity index (χ1v) is 15.0. The second kappa shape index (κ2) is 12.2. The van der Waals surface area contributed by atoms with Gasteiger partial charge in [0.25, 0.3) is 5.91 Å². The van der Waals surface area contributed by atoms with Crippen LogP contribution in [0.4, 0.5) is 20.2 Å². The van der Waals surface area contributed by atoms with Crippen molar-refractivity contribution in [3.8, 4) is 0 Å². The third kappa shape index (κ3) is 6.37. The molecule has 14 nitrogen and oxygen atoms in total. The minimum atomic E-state index is -3.92. The fourth-order valence-electron chi connectivity index (χ4n) is 4.16. The van der Waals surface area contributed by atoms with Crippen molar-refractivity contribution in [2.45, 2.75) is 11.8 Å². The average molecular weight is 631 g/mol. The van der Waals surface area contributed by atoms with Crippen LogP contribution in [0.3, 0.4) is 0 Å². The van der Waals surface area contributed by atoms with Crippen molar-refractivity contribution in [3.05, 3.63) is 81.9 Å². The Labute approximate surface area is 247 Å². The molecule has 4 aromatic rings. The number of carbonyl (C=O) groups excluding carboxylic acids is 2. The summed E-state index contributed by atoms with van der Waals surface area (Å²) in [5.41, 5.74) is 0.464. The number of rotatable bonds is 8. The molecule has 0 unspecified atom stereocenters. The van der Waals surface area contributed by atoms with Crippen LogP contribution in [0, 0.1) is 15.9 Å². The van der Waals surface area contributed by atoms with Crippen LogP contribution in [0.5, 0.6) is 0 Å². The van der Waals surface area contributed by atoms with Gasteiger partial charge in [-0.1, -0.05) is 11.3 Å². The normalized spacial score (nSPS) is 14.3. The molecule has 5 rings (SSSR count). The molecule has 43 heavy (non-hydrogen) atoms. The maximum absolute atomic E-state index is 13.8. The van der Waals surface area contributed by atoms with E-state index < -0.39 is 38.6 Å². The Kier molecular flexibility index (Phi) is 8.47. The van der Waals surface area contributed by atoms with Crippen LogP contribution in [-0.4, -0.2) is 78.5 Å². The number of hydrogen-bond donors (Lipinski definition) is 0. The molecule has 3 heterocycles. The van der Waals surface area contributed by atoms with E-state index in [1.807, 2.05) is 0 Å². The summed E-state index contributed by atoms with van der Waals surface area (Å²) in [6.07, 6.45) is 0.588. The van der Waals surface area contributed by atoms with E-state index in [9.17, 15) is 32.5 Å². The maximum Gasteiger partial charge on any atom is 0.433 e. The van der Waals surface area contributed by atoms with E-state index in [-0.39, 0.29) is 54.1 Å². The molecule has 2 aromatic carbocycles. The molecule has 0 saturated carbocycles. The highest BCUT2D eigenvalue weighted by Gasteiger charge is 2.31. The fraction of sp³-hybridized carbons (Fsp3) is 0.231. The van der Waals surface area contributed by atoms with Crippen LogP contribution < -0.4 is 5.01 Å². The molecule has 1 fully saturated rings. The predicted octanol–water partition coefficient (Wildman–Crippen LogP) is 4.08. The van der Waals surface area contributed by atoms with Gasteiger partial charge in [0, 0.05) is 31.7 Å². The number of benzene rings is 2. The van der Waals surface area contributed by atoms with Gasteiger partial charge in [-0.25, -0.2) is 22.6 Å². The van der Waals surface area contributed by atoms with Gasteiger partial charge >= 0.3 is 12.0 Å². The Hall–Kier alpha value is -4.74. The minimum Gasteiger partial charge on any atom is -0.450 e. The van der Waals surface area contributed by atoms with Gasteiger partial charge in [0.2, 0.25) is 15.2 Å². The number of nitrogens with zero attached hydrogens (tertiary/aromatic N) is 6. The van der Waals surface area contributed by atoms with E-state index in [1.54, 1.807) is 6.92 Å². The number of thiazole rings is 1. The fourth-order valence-corrected chi connectivity index (χ4v) is 6.53. The lowest BCUT2D eigenvalue weighted by molar-refractivity contribution is -0.402. The van der Waals surface area contributed by atoms with E-state index in [4.69, 9.17) is 9.15 Å². The lowest BCUT2D eigenvalue weighted by atomic mass is 10.2. The van der Waals surface area contributed by atoms with Gasteiger partial charge in [0.15, 0.2) is 5.76 Å². The van der Waals surface area contributed by atoms with Crippen molar-refractivity contribution < 1.29 is 36.5 Å². The first kappa shape index (κ1) is 29.7. The summed E-state index contributed by atoms with van der Waals surface area (Å²) in [6, 6.07) is 11.5. The first-order chi connectivity index (χ1) is 20.6. The molecule has 0 aliphatic carbocycles. The monoisotopic (exact) mass is 630 g/mol. The van der Waals surface area contributed by atoms with Crippen LogP contribution in [0.1, 0.15) is 23.0 Å². The zero-order valence-corrected chi connectivity index (χ0v) is 24.1. The molecule has 2 amide bonds. The van der Waals surface area contributed by atoms with Gasteiger partial charge in [-0.05, 0) is 55.5 Å². The van der Waals surface area contributed by atoms with Crippen molar-refractivity contribution >= 4 is 60.8 Å². The number of hydrazone groups is 1. The van der Waals surface area contributed by atoms with E-state index in [0.29, 0.717) is 10.2 Å². The molecule has 1 aliphatic heterocycles. The quantitative estimate of drug-likeness (QED) is 0.158. The highest BCUT2D eigenvalue weighted by Crippen LogP contribution is 2.31. The second-order valence-electron chi connectivity index (χ2n) is 9.02. The van der Waals surface area contributed by atoms with Crippen LogP contribution >= 0.6 is 11.3 Å². The largest absolute Gasteiger partial charge is 0.450 e. The molecule has 0 N–H and O–H groups in total. The standard InChI is InChI=1S/C26H23FN6O8S2/c1-2-40-26(35)30-11-13-31(14-12-30)43(38,39)20-7-3-17(4-8-20)24(34)32(28-16-19-6-10-23(41-19)33(36)37)25-29-21-9-5-18(27)15-22(21)42-25/h3-10,15-16H,2,11-14H2,1H3/b28-16+. The van der Waals surface area contributed by atoms with Gasteiger partial charge in [0.05, 0.1) is 34.0 Å². The number of carbonyl (C=O) groups is 2. The molecule has 0 radical (unpaired) electrons. The summed E-state index contributed by atoms with van der Waals surface area (Å²) >= 11 is 0.981. The summed E-state index contributed by atoms with van der Waals surface area (Å²) < 4.78 is 52.0. The molecule has 1 aliphatic rings. The molecule has 0 atom stereocenters. The summed E-state index contributed by atoms with van der Waals surface area (Å²) in [5.74, 6) is -1.73. The van der Waals surface area contributed by atoms with Crippen molar-refractivity contribution in [2.75, 3.05) is 37.8 Å². The first-order valence-electron chi connectivity index (χ1n) is 12.8. The molecule has 224 valence electrons. The van der Waals surface area contributed by atoms with Gasteiger partial charge in [0.1, 0.15) is 10.7 Å². The number of fused-ring (bicyclic) bond motifs is 1. The summed E-state index contributed by atoms with van der Waals surface area (Å²) in [7, 11) is -3.92. The SMILES string of the molecule is CCOC(=O)N1CCN(S(=O)(=O)c2ccc(C(=O)N(/N=C/c3ccc([N+](=O)[O-])o3)c3nc4ccc(F)cc4s3)cc2)CC1. The Bertz CT molecular complexity index is 1810. The lowest BCUT2D eigenvalue weighted by Gasteiger charge is -2.33. The van der Waals surface area contributed by atoms with Crippen molar-refractivity contribution in [3.63, 3.8) is 0 Å². The third-order valence-electron chi connectivity index (χ3n) is 6.31. The van der Waals surface area contributed by atoms with Crippen molar-refractivity contribution in [2.24, 2.45) is 5.10 Å². The average Bonchev–Trinajstić information content (AvgIpc) is 3.65. The molecule has 1 saturated heterocycles. The van der Waals surface area contributed by atoms with E-state index in [2.05, 4.69) is 10.1 Å². The van der Waals surface area contributed by atoms with Crippen molar-refractivity contribution in [1.29, 1.82) is 0 Å². The Morgan fingerprint density at radius 3 is 2.53 bits per heavy atom. The van der Waals surface area contributed by atoms with Crippen LogP contribution in [-0.2, 0) is 14.8 Å². The highest BCUT2D eigenvalue weighted by molar-refractivity contribution is 7.89. The van der Waals surface area contributed by atoms with Crippen LogP contribution in [0.2, 0.25) is 0 Å². The Balaban J connectivity index is 1.39. The summed E-state index contributed by atoms with van der Waals surface area (Å²) in [4.78, 5) is 41.5. The maximum atomic E-state index is 13.8. The van der Waals surface area contributed by atoms with E-state index in [0.717, 1.165) is 28.6 Å². The topological polar surface area (TPSA) is 169 Å². The lowest BCUT2D eigenvalue weighted by Crippen LogP contribution is -2.50. The van der Waals surface area contributed by atoms with Crippen molar-refractivity contribution in [1.82, 2.24) is 14.2 Å². The molecule has 0 spiro atoms. The molecule has 2 aromatic heterocycles. The Morgan fingerprint density at radius 2 is 1.88 bits per heavy atom. The van der Waals surface area contributed by atoms with Crippen LogP contribution in [0.25, 0.3) is 10.2 Å². The molecular formula is C26H23FN6O8S2. The number of sulfonamides is 1. The number of piperazine rings is 1. The molecular weight excluding hydrogens is 607 g/mol. The number of aromatic nitrogens is 1. The Morgan fingerprint density at radius 1 is 1.16 bits per heavy atom. The smallest absolute Gasteiger partial charge is 0.433 e. The number of amides is 2. The molecule has 0 bridgehead atoms. The van der Waals surface area contributed by atoms with E-state index >= 15 is 0 Å². The second-order valence-corrected chi connectivity index (χ2v) is 12.0. The summed E-state index contributed by atoms with van der Waals surface area (Å²) in [6.45, 7) is 2.40. The van der Waals surface area contributed by atoms with Gasteiger partial charge in [-0.3, -0.25) is 14.9 Å². The number of ether oxygens (including phenoxy) is 1. The van der Waals surface area contributed by atoms with Crippen LogP contribution in [0.15, 0.2) is 69.0 Å². The summed E-state index contributed by atoms with van der Waals surface area (Å²) in [5, 5.41) is 16.1. The highest BCUT2D eigenvalue weighted by atomic mass is 32.2. The molecule has 17 heteroatoms.